The predicted molar refractivity (Wildman–Crippen MR) is 156 cm³/mol. The average molecular weight is 587 g/mol. The fraction of sp³-hybridized carbons (Fsp3) is 0.357. The van der Waals surface area contributed by atoms with Gasteiger partial charge in [-0.3, -0.25) is 9.69 Å². The van der Waals surface area contributed by atoms with Gasteiger partial charge in [0.1, 0.15) is 26.8 Å². The molecule has 0 bridgehead atoms. The van der Waals surface area contributed by atoms with E-state index in [4.69, 9.17) is 4.74 Å². The number of carbonyl (C=O) groups excluding carboxylic acids is 2. The molecule has 1 heterocycles. The average Bonchev–Trinajstić information content (AvgIpc) is 3.28. The topological polar surface area (TPSA) is 138 Å². The number of hydrogen-bond acceptors (Lipinski definition) is 7. The number of amides is 2. The third-order valence-corrected chi connectivity index (χ3v) is 8.36. The molecule has 0 radical (unpaired) electrons. The number of thiazole rings is 1. The van der Waals surface area contributed by atoms with Crippen LogP contribution in [0.4, 0.5) is 9.93 Å². The highest BCUT2D eigenvalue weighted by Gasteiger charge is 2.28. The lowest BCUT2D eigenvalue weighted by Crippen LogP contribution is -2.46. The molecule has 2 unspecified atom stereocenters. The molecule has 10 nitrogen and oxygen atoms in total. The van der Waals surface area contributed by atoms with E-state index in [-0.39, 0.29) is 25.3 Å². The van der Waals surface area contributed by atoms with Gasteiger partial charge in [0.2, 0.25) is 5.91 Å². The summed E-state index contributed by atoms with van der Waals surface area (Å²) < 4.78 is 20.7. The standard InChI is InChI=1S/C28H34N4O6S2/c1-18-25(40(37)29-5)39-26(30-18)32(16-15-22(24(34)35)31-27(36)38-28(2,3)4)23(33)17-19-11-13-21(14-12-19)20-9-7-6-8-10-20/h6-14,22,29H,15-17H2,1-5H3,(H,31,36)(H,34,35). The first-order valence-electron chi connectivity index (χ1n) is 12.6. The molecule has 1 aromatic heterocycles. The fourth-order valence-electron chi connectivity index (χ4n) is 3.76. The number of benzene rings is 2. The van der Waals surface area contributed by atoms with E-state index in [2.05, 4.69) is 15.0 Å². The van der Waals surface area contributed by atoms with E-state index in [9.17, 15) is 23.7 Å². The molecule has 2 atom stereocenters. The SMILES string of the molecule is CNS(=O)c1sc(N(CCC(NC(=O)OC(C)(C)C)C(=O)O)C(=O)Cc2ccc(-c3ccccc3)cc2)nc1C. The van der Waals surface area contributed by atoms with E-state index in [1.54, 1.807) is 34.7 Å². The van der Waals surface area contributed by atoms with Crippen molar-refractivity contribution in [2.24, 2.45) is 0 Å². The smallest absolute Gasteiger partial charge is 0.408 e. The fourth-order valence-corrected chi connectivity index (χ4v) is 5.88. The minimum Gasteiger partial charge on any atom is -0.480 e. The Bertz CT molecular complexity index is 1350. The third kappa shape index (κ3) is 8.70. The molecule has 2 amide bonds. The maximum absolute atomic E-state index is 13.6. The Morgan fingerprint density at radius 2 is 1.70 bits per heavy atom. The molecule has 0 aliphatic carbocycles. The van der Waals surface area contributed by atoms with Gasteiger partial charge in [-0.2, -0.15) is 0 Å². The number of carboxylic acids is 1. The quantitative estimate of drug-likeness (QED) is 0.305. The normalized spacial score (nSPS) is 12.8. The number of rotatable bonds is 11. The molecule has 0 saturated heterocycles. The third-order valence-electron chi connectivity index (χ3n) is 5.68. The second-order valence-electron chi connectivity index (χ2n) is 9.95. The molecule has 3 rings (SSSR count). The Morgan fingerprint density at radius 3 is 2.27 bits per heavy atom. The van der Waals surface area contributed by atoms with Crippen LogP contribution in [0.25, 0.3) is 11.1 Å². The summed E-state index contributed by atoms with van der Waals surface area (Å²) in [6.45, 7) is 6.66. The van der Waals surface area contributed by atoms with Gasteiger partial charge in [-0.15, -0.1) is 0 Å². The molecule has 12 heteroatoms. The predicted octanol–water partition coefficient (Wildman–Crippen LogP) is 4.30. The second-order valence-corrected chi connectivity index (χ2v) is 12.5. The maximum Gasteiger partial charge on any atom is 0.408 e. The molecule has 0 saturated carbocycles. The summed E-state index contributed by atoms with van der Waals surface area (Å²) in [6, 6.07) is 16.2. The first-order valence-corrected chi connectivity index (χ1v) is 14.6. The summed E-state index contributed by atoms with van der Waals surface area (Å²) in [5, 5.41) is 12.4. The summed E-state index contributed by atoms with van der Waals surface area (Å²) in [4.78, 5) is 43.5. The van der Waals surface area contributed by atoms with Gasteiger partial charge in [-0.25, -0.2) is 23.5 Å². The second kappa shape index (κ2) is 13.6. The van der Waals surface area contributed by atoms with Gasteiger partial charge in [-0.1, -0.05) is 65.9 Å². The number of nitrogens with zero attached hydrogens (tertiary/aromatic N) is 2. The van der Waals surface area contributed by atoms with Crippen molar-refractivity contribution in [1.29, 1.82) is 0 Å². The molecular formula is C28H34N4O6S2. The van der Waals surface area contributed by atoms with Crippen molar-refractivity contribution in [3.8, 4) is 11.1 Å². The van der Waals surface area contributed by atoms with E-state index < -0.39 is 34.7 Å². The Balaban J connectivity index is 1.82. The number of ether oxygens (including phenoxy) is 1. The monoisotopic (exact) mass is 586 g/mol. The summed E-state index contributed by atoms with van der Waals surface area (Å²) in [5.41, 5.74) is 2.54. The van der Waals surface area contributed by atoms with E-state index in [1.807, 2.05) is 54.6 Å². The van der Waals surface area contributed by atoms with E-state index >= 15 is 0 Å². The van der Waals surface area contributed by atoms with Gasteiger partial charge < -0.3 is 15.2 Å². The molecule has 3 N–H and O–H groups in total. The highest BCUT2D eigenvalue weighted by Crippen LogP contribution is 2.29. The van der Waals surface area contributed by atoms with Crippen molar-refractivity contribution in [2.45, 2.75) is 56.4 Å². The van der Waals surface area contributed by atoms with Gasteiger partial charge in [0.05, 0.1) is 12.1 Å². The number of aliphatic carboxylic acids is 1. The Labute approximate surface area is 240 Å². The first kappa shape index (κ1) is 30.9. The van der Waals surface area contributed by atoms with Crippen molar-refractivity contribution in [2.75, 3.05) is 18.5 Å². The molecule has 0 spiro atoms. The van der Waals surface area contributed by atoms with Gasteiger partial charge >= 0.3 is 12.1 Å². The van der Waals surface area contributed by atoms with Crippen molar-refractivity contribution in [1.82, 2.24) is 15.0 Å². The van der Waals surface area contributed by atoms with Crippen LogP contribution in [0.1, 0.15) is 38.4 Å². The number of anilines is 1. The maximum atomic E-state index is 13.6. The van der Waals surface area contributed by atoms with Crippen LogP contribution in [0.2, 0.25) is 0 Å². The van der Waals surface area contributed by atoms with Crippen molar-refractivity contribution in [3.05, 3.63) is 65.9 Å². The van der Waals surface area contributed by atoms with Crippen LogP contribution in [-0.2, 0) is 31.7 Å². The summed E-state index contributed by atoms with van der Waals surface area (Å²) >= 11 is 1.09. The molecule has 0 fully saturated rings. The van der Waals surface area contributed by atoms with Crippen LogP contribution in [0, 0.1) is 6.92 Å². The lowest BCUT2D eigenvalue weighted by molar-refractivity contribution is -0.139. The minimum atomic E-state index is -1.51. The van der Waals surface area contributed by atoms with E-state index in [0.29, 0.717) is 15.0 Å². The summed E-state index contributed by atoms with van der Waals surface area (Å²) in [6.07, 6.45) is -0.931. The van der Waals surface area contributed by atoms with E-state index in [0.717, 1.165) is 28.0 Å². The zero-order chi connectivity index (χ0) is 29.4. The first-order chi connectivity index (χ1) is 18.9. The Hall–Kier alpha value is -3.61. The zero-order valence-electron chi connectivity index (χ0n) is 23.1. The number of aryl methyl sites for hydroxylation is 1. The Kier molecular flexibility index (Phi) is 10.5. The number of hydrogen-bond donors (Lipinski definition) is 3. The van der Waals surface area contributed by atoms with Gasteiger partial charge in [-0.05, 0) is 57.9 Å². The molecule has 0 aliphatic heterocycles. The van der Waals surface area contributed by atoms with Crippen molar-refractivity contribution in [3.63, 3.8) is 0 Å². The number of nitrogens with one attached hydrogen (secondary N) is 2. The molecular weight excluding hydrogens is 552 g/mol. The van der Waals surface area contributed by atoms with Crippen LogP contribution in [-0.4, -0.2) is 57.5 Å². The lowest BCUT2D eigenvalue weighted by atomic mass is 10.0. The van der Waals surface area contributed by atoms with Crippen LogP contribution in [0.3, 0.4) is 0 Å². The minimum absolute atomic E-state index is 0.0371. The van der Waals surface area contributed by atoms with Crippen LogP contribution >= 0.6 is 11.3 Å². The lowest BCUT2D eigenvalue weighted by Gasteiger charge is -2.24. The number of aromatic nitrogens is 1. The van der Waals surface area contributed by atoms with E-state index in [1.165, 1.54) is 4.90 Å². The molecule has 0 aliphatic rings. The number of carboxylic acid groups (broad SMARTS) is 1. The number of carbonyl (C=O) groups is 3. The van der Waals surface area contributed by atoms with Crippen molar-refractivity contribution < 1.29 is 28.4 Å². The Morgan fingerprint density at radius 1 is 1.07 bits per heavy atom. The summed E-state index contributed by atoms with van der Waals surface area (Å²) in [7, 11) is 0.0453. The van der Waals surface area contributed by atoms with Crippen LogP contribution in [0.5, 0.6) is 0 Å². The largest absolute Gasteiger partial charge is 0.480 e. The molecule has 3 aromatic rings. The highest BCUT2D eigenvalue weighted by molar-refractivity contribution is 7.85. The molecule has 2 aromatic carbocycles. The molecule has 40 heavy (non-hydrogen) atoms. The molecule has 214 valence electrons. The van der Waals surface area contributed by atoms with Gasteiger partial charge in [0.25, 0.3) is 0 Å². The number of alkyl carbamates (subject to hydrolysis) is 1. The zero-order valence-corrected chi connectivity index (χ0v) is 24.7. The summed E-state index contributed by atoms with van der Waals surface area (Å²) in [5.74, 6) is -1.58. The van der Waals surface area contributed by atoms with Gasteiger partial charge in [0.15, 0.2) is 5.13 Å². The van der Waals surface area contributed by atoms with Crippen molar-refractivity contribution >= 4 is 45.4 Å². The van der Waals surface area contributed by atoms with Crippen LogP contribution in [0.15, 0.2) is 58.8 Å². The van der Waals surface area contributed by atoms with Gasteiger partial charge in [0, 0.05) is 6.54 Å². The highest BCUT2D eigenvalue weighted by atomic mass is 32.2. The van der Waals surface area contributed by atoms with Crippen LogP contribution < -0.4 is 14.9 Å².